The van der Waals surface area contributed by atoms with Crippen LogP contribution in [-0.2, 0) is 10.0 Å². The van der Waals surface area contributed by atoms with E-state index in [-0.39, 0.29) is 16.9 Å². The minimum absolute atomic E-state index is 0.0451. The van der Waals surface area contributed by atoms with E-state index in [9.17, 15) is 13.2 Å². The zero-order valence-electron chi connectivity index (χ0n) is 10.7. The lowest BCUT2D eigenvalue weighted by molar-refractivity contribution is 0.0696. The number of rotatable bonds is 5. The van der Waals surface area contributed by atoms with Gasteiger partial charge >= 0.3 is 5.97 Å². The first-order chi connectivity index (χ1) is 8.77. The van der Waals surface area contributed by atoms with Gasteiger partial charge in [-0.15, -0.1) is 12.3 Å². The Morgan fingerprint density at radius 1 is 1.53 bits per heavy atom. The van der Waals surface area contributed by atoms with Crippen LogP contribution >= 0.6 is 0 Å². The Balaban J connectivity index is 3.18. The summed E-state index contributed by atoms with van der Waals surface area (Å²) in [5.74, 6) is 1.19. The van der Waals surface area contributed by atoms with Gasteiger partial charge in [-0.1, -0.05) is 6.07 Å². The highest BCUT2D eigenvalue weighted by atomic mass is 32.2. The Labute approximate surface area is 112 Å². The molecule has 0 spiro atoms. The Morgan fingerprint density at radius 3 is 2.68 bits per heavy atom. The highest BCUT2D eigenvalue weighted by Gasteiger charge is 2.20. The first kappa shape index (κ1) is 15.2. The molecule has 0 fully saturated rings. The predicted molar refractivity (Wildman–Crippen MR) is 71.4 cm³/mol. The van der Waals surface area contributed by atoms with Crippen molar-refractivity contribution in [2.24, 2.45) is 0 Å². The summed E-state index contributed by atoms with van der Waals surface area (Å²) >= 11 is 0. The SMILES string of the molecule is C#CCC(C)NS(=O)(=O)c1cc(C(=O)O)ccc1C. The maximum Gasteiger partial charge on any atom is 0.335 e. The fraction of sp³-hybridized carbons (Fsp3) is 0.308. The average molecular weight is 281 g/mol. The van der Waals surface area contributed by atoms with Crippen LogP contribution in [0.5, 0.6) is 0 Å². The van der Waals surface area contributed by atoms with Gasteiger partial charge in [-0.3, -0.25) is 0 Å². The Bertz CT molecular complexity index is 629. The molecule has 0 saturated heterocycles. The molecule has 2 N–H and O–H groups in total. The molecule has 1 rings (SSSR count). The van der Waals surface area contributed by atoms with Crippen molar-refractivity contribution >= 4 is 16.0 Å². The van der Waals surface area contributed by atoms with Crippen LogP contribution in [0.4, 0.5) is 0 Å². The quantitative estimate of drug-likeness (QED) is 0.799. The Hall–Kier alpha value is -1.84. The number of aromatic carboxylic acids is 1. The molecule has 5 nitrogen and oxygen atoms in total. The number of hydrogen-bond donors (Lipinski definition) is 2. The van der Waals surface area contributed by atoms with Gasteiger partial charge in [0.2, 0.25) is 10.0 Å². The molecule has 0 amide bonds. The van der Waals surface area contributed by atoms with Gasteiger partial charge in [0.15, 0.2) is 0 Å². The molecular formula is C13H15NO4S. The molecule has 1 unspecified atom stereocenters. The minimum atomic E-state index is -3.78. The van der Waals surface area contributed by atoms with E-state index in [1.165, 1.54) is 12.1 Å². The summed E-state index contributed by atoms with van der Waals surface area (Å²) < 4.78 is 26.7. The van der Waals surface area contributed by atoms with Gasteiger partial charge < -0.3 is 5.11 Å². The zero-order chi connectivity index (χ0) is 14.6. The van der Waals surface area contributed by atoms with Gasteiger partial charge in [0, 0.05) is 12.5 Å². The summed E-state index contributed by atoms with van der Waals surface area (Å²) in [4.78, 5) is 10.8. The number of carbonyl (C=O) groups is 1. The van der Waals surface area contributed by atoms with Crippen molar-refractivity contribution in [3.05, 3.63) is 29.3 Å². The molecule has 0 aliphatic carbocycles. The minimum Gasteiger partial charge on any atom is -0.478 e. The third kappa shape index (κ3) is 3.81. The Kier molecular flexibility index (Phi) is 4.70. The summed E-state index contributed by atoms with van der Waals surface area (Å²) in [5, 5.41) is 8.89. The fourth-order valence-electron chi connectivity index (χ4n) is 1.57. The molecule has 1 aromatic carbocycles. The van der Waals surface area contributed by atoms with E-state index in [0.717, 1.165) is 6.07 Å². The van der Waals surface area contributed by atoms with Gasteiger partial charge in [-0.25, -0.2) is 17.9 Å². The third-order valence-corrected chi connectivity index (χ3v) is 4.24. The normalized spacial score (nSPS) is 12.7. The number of carboxylic acid groups (broad SMARTS) is 1. The van der Waals surface area contributed by atoms with Crippen molar-refractivity contribution in [1.82, 2.24) is 4.72 Å². The smallest absolute Gasteiger partial charge is 0.335 e. The zero-order valence-corrected chi connectivity index (χ0v) is 11.5. The molecule has 1 atom stereocenters. The van der Waals surface area contributed by atoms with Crippen LogP contribution in [0, 0.1) is 19.3 Å². The fourth-order valence-corrected chi connectivity index (χ4v) is 3.08. The van der Waals surface area contributed by atoms with Gasteiger partial charge in [0.25, 0.3) is 0 Å². The summed E-state index contributed by atoms with van der Waals surface area (Å²) in [6.45, 7) is 3.25. The molecule has 0 aliphatic heterocycles. The van der Waals surface area contributed by atoms with Gasteiger partial charge in [0.1, 0.15) is 0 Å². The second-order valence-electron chi connectivity index (χ2n) is 4.22. The number of benzene rings is 1. The summed E-state index contributed by atoms with van der Waals surface area (Å²) in [6, 6.07) is 3.55. The summed E-state index contributed by atoms with van der Waals surface area (Å²) in [7, 11) is -3.78. The monoisotopic (exact) mass is 281 g/mol. The number of terminal acetylenes is 1. The van der Waals surface area contributed by atoms with E-state index in [1.54, 1.807) is 13.8 Å². The van der Waals surface area contributed by atoms with Crippen LogP contribution in [0.25, 0.3) is 0 Å². The van der Waals surface area contributed by atoms with E-state index in [2.05, 4.69) is 10.6 Å². The van der Waals surface area contributed by atoms with Crippen molar-refractivity contribution in [1.29, 1.82) is 0 Å². The van der Waals surface area contributed by atoms with E-state index >= 15 is 0 Å². The molecule has 19 heavy (non-hydrogen) atoms. The van der Waals surface area contributed by atoms with E-state index < -0.39 is 22.0 Å². The lowest BCUT2D eigenvalue weighted by Crippen LogP contribution is -2.32. The lowest BCUT2D eigenvalue weighted by atomic mass is 10.1. The van der Waals surface area contributed by atoms with Gasteiger partial charge in [-0.05, 0) is 31.5 Å². The number of sulfonamides is 1. The molecular weight excluding hydrogens is 266 g/mol. The second-order valence-corrected chi connectivity index (χ2v) is 5.90. The first-order valence-electron chi connectivity index (χ1n) is 5.57. The number of hydrogen-bond acceptors (Lipinski definition) is 3. The number of nitrogens with one attached hydrogen (secondary N) is 1. The highest BCUT2D eigenvalue weighted by Crippen LogP contribution is 2.17. The first-order valence-corrected chi connectivity index (χ1v) is 7.06. The maximum atomic E-state index is 12.1. The van der Waals surface area contributed by atoms with Crippen molar-refractivity contribution in [2.75, 3.05) is 0 Å². The van der Waals surface area contributed by atoms with Crippen LogP contribution in [-0.4, -0.2) is 25.5 Å². The van der Waals surface area contributed by atoms with Crippen LogP contribution in [0.2, 0.25) is 0 Å². The van der Waals surface area contributed by atoms with Crippen molar-refractivity contribution in [3.63, 3.8) is 0 Å². The van der Waals surface area contributed by atoms with E-state index in [4.69, 9.17) is 11.5 Å². The second kappa shape index (κ2) is 5.87. The molecule has 0 heterocycles. The van der Waals surface area contributed by atoms with Crippen molar-refractivity contribution < 1.29 is 18.3 Å². The average Bonchev–Trinajstić information content (AvgIpc) is 2.28. The largest absolute Gasteiger partial charge is 0.478 e. The molecule has 0 aromatic heterocycles. The maximum absolute atomic E-state index is 12.1. The number of aryl methyl sites for hydroxylation is 1. The van der Waals surface area contributed by atoms with Crippen LogP contribution < -0.4 is 4.72 Å². The van der Waals surface area contributed by atoms with Crippen molar-refractivity contribution in [2.45, 2.75) is 31.2 Å². The molecule has 0 saturated carbocycles. The Morgan fingerprint density at radius 2 is 2.16 bits per heavy atom. The standard InChI is InChI=1S/C13H15NO4S/c1-4-5-10(3)14-19(17,18)12-8-11(13(15)16)7-6-9(12)2/h1,6-8,10,14H,5H2,2-3H3,(H,15,16). The van der Waals surface area contributed by atoms with Crippen molar-refractivity contribution in [3.8, 4) is 12.3 Å². The predicted octanol–water partition coefficient (Wildman–Crippen LogP) is 1.38. The van der Waals surface area contributed by atoms with E-state index in [1.807, 2.05) is 0 Å². The van der Waals surface area contributed by atoms with Crippen LogP contribution in [0.3, 0.4) is 0 Å². The third-order valence-electron chi connectivity index (χ3n) is 2.50. The molecule has 0 radical (unpaired) electrons. The molecule has 6 heteroatoms. The lowest BCUT2D eigenvalue weighted by Gasteiger charge is -2.13. The molecule has 0 bridgehead atoms. The van der Waals surface area contributed by atoms with Gasteiger partial charge in [-0.2, -0.15) is 0 Å². The summed E-state index contributed by atoms with van der Waals surface area (Å²) in [5.41, 5.74) is 0.404. The number of carboxylic acids is 1. The molecule has 102 valence electrons. The topological polar surface area (TPSA) is 83.5 Å². The van der Waals surface area contributed by atoms with E-state index in [0.29, 0.717) is 5.56 Å². The van der Waals surface area contributed by atoms with Crippen LogP contribution in [0.1, 0.15) is 29.3 Å². The van der Waals surface area contributed by atoms with Gasteiger partial charge in [0.05, 0.1) is 10.5 Å². The summed E-state index contributed by atoms with van der Waals surface area (Å²) in [6.07, 6.45) is 5.38. The molecule has 1 aromatic rings. The highest BCUT2D eigenvalue weighted by molar-refractivity contribution is 7.89. The van der Waals surface area contributed by atoms with Crippen LogP contribution in [0.15, 0.2) is 23.1 Å². The molecule has 0 aliphatic rings.